The van der Waals surface area contributed by atoms with Gasteiger partial charge in [-0.2, -0.15) is 0 Å². The Morgan fingerprint density at radius 3 is 2.58 bits per heavy atom. The number of anilines is 1. The molecule has 0 aromatic heterocycles. The fraction of sp³-hybridized carbons (Fsp3) is 0.583. The normalized spacial score (nSPS) is 20.6. The van der Waals surface area contributed by atoms with Crippen molar-refractivity contribution in [2.24, 2.45) is 11.3 Å². The number of ether oxygens (including phenoxy) is 3. The van der Waals surface area contributed by atoms with E-state index in [0.717, 1.165) is 74.7 Å². The van der Waals surface area contributed by atoms with Gasteiger partial charge in [-0.15, -0.1) is 0 Å². The summed E-state index contributed by atoms with van der Waals surface area (Å²) in [7, 11) is 1.85. The molecule has 1 N–H and O–H groups in total. The topological polar surface area (TPSA) is 60.0 Å². The van der Waals surface area contributed by atoms with E-state index in [-0.39, 0.29) is 18.0 Å². The fourth-order valence-corrected chi connectivity index (χ4v) is 7.18. The Kier molecular flexibility index (Phi) is 9.79. The highest BCUT2D eigenvalue weighted by Gasteiger charge is 2.45. The number of methoxy groups -OCH3 is 1. The molecule has 0 saturated carbocycles. The average Bonchev–Trinajstić information content (AvgIpc) is 3.09. The van der Waals surface area contributed by atoms with Crippen molar-refractivity contribution in [2.75, 3.05) is 44.8 Å². The maximum absolute atomic E-state index is 13.1. The lowest BCUT2D eigenvalue weighted by molar-refractivity contribution is 0.00695. The smallest absolute Gasteiger partial charge is 0.338 e. The number of esters is 1. The van der Waals surface area contributed by atoms with E-state index in [2.05, 4.69) is 42.3 Å². The van der Waals surface area contributed by atoms with Gasteiger partial charge in [-0.25, -0.2) is 4.79 Å². The van der Waals surface area contributed by atoms with Crippen LogP contribution in [0.4, 0.5) is 5.69 Å². The summed E-state index contributed by atoms with van der Waals surface area (Å²) in [4.78, 5) is 15.5. The van der Waals surface area contributed by atoms with E-state index in [1.807, 2.05) is 52.1 Å². The predicted octanol–water partition coefficient (Wildman–Crippen LogP) is 7.58. The summed E-state index contributed by atoms with van der Waals surface area (Å²) < 4.78 is 18.4. The van der Waals surface area contributed by atoms with Crippen LogP contribution in [0.1, 0.15) is 87.7 Å². The van der Waals surface area contributed by atoms with Gasteiger partial charge in [0.2, 0.25) is 0 Å². The molecule has 1 saturated heterocycles. The molecule has 5 rings (SSSR count). The summed E-state index contributed by atoms with van der Waals surface area (Å²) in [5.41, 5.74) is 5.31. The Hall–Kier alpha value is -2.54. The van der Waals surface area contributed by atoms with Gasteiger partial charge in [0.15, 0.2) is 0 Å². The zero-order chi connectivity index (χ0) is 30.8. The third kappa shape index (κ3) is 7.24. The molecule has 7 heteroatoms. The zero-order valence-corrected chi connectivity index (χ0v) is 27.6. The lowest BCUT2D eigenvalue weighted by Crippen LogP contribution is -2.57. The Labute approximate surface area is 263 Å². The molecule has 2 heterocycles. The quantitative estimate of drug-likeness (QED) is 0.210. The van der Waals surface area contributed by atoms with Crippen LogP contribution in [0.2, 0.25) is 5.02 Å². The summed E-state index contributed by atoms with van der Waals surface area (Å²) in [5, 5.41) is 4.19. The number of aryl methyl sites for hydroxylation is 1. The van der Waals surface area contributed by atoms with Crippen molar-refractivity contribution in [2.45, 2.75) is 84.3 Å². The highest BCUT2D eigenvalue weighted by Crippen LogP contribution is 2.46. The number of fused-ring (bicyclic) bond motifs is 1. The highest BCUT2D eigenvalue weighted by atomic mass is 35.5. The van der Waals surface area contributed by atoms with E-state index < -0.39 is 5.60 Å². The van der Waals surface area contributed by atoms with Gasteiger partial charge < -0.3 is 24.4 Å². The standard InChI is InChI=1S/C36H49ClN2O4/c1-7-9-25-16-29(37)11-12-30(25)28-20-39(15-14-24(8-2)33(41-6)27-18-36(19-27)22-38-23-36)31-17-26(10-13-32(31)42-21-28)34(40)43-35(3,4)5/h10-13,16-18,24,28,33,38H,7-9,14-15,19-23H2,1-6H3. The van der Waals surface area contributed by atoms with Crippen LogP contribution in [0, 0.1) is 11.3 Å². The van der Waals surface area contributed by atoms with Gasteiger partial charge in [-0.3, -0.25) is 0 Å². The lowest BCUT2D eigenvalue weighted by Gasteiger charge is -2.50. The van der Waals surface area contributed by atoms with Crippen molar-refractivity contribution >= 4 is 23.3 Å². The SMILES string of the molecule is CCCc1cc(Cl)ccc1C1COc2ccc(C(=O)OC(C)(C)C)cc2N(CCC(CC)C(OC)C2=CC3(CNC3)C2)C1. The van der Waals surface area contributed by atoms with Crippen LogP contribution in [0.5, 0.6) is 5.75 Å². The van der Waals surface area contributed by atoms with E-state index in [1.54, 1.807) is 0 Å². The Morgan fingerprint density at radius 2 is 1.95 bits per heavy atom. The molecule has 43 heavy (non-hydrogen) atoms. The minimum Gasteiger partial charge on any atom is -0.491 e. The van der Waals surface area contributed by atoms with E-state index >= 15 is 0 Å². The molecule has 2 aliphatic heterocycles. The molecule has 6 nitrogen and oxygen atoms in total. The summed E-state index contributed by atoms with van der Waals surface area (Å²) in [5.74, 6) is 1.04. The van der Waals surface area contributed by atoms with Gasteiger partial charge in [-0.1, -0.05) is 50.4 Å². The number of rotatable bonds is 11. The number of carbonyl (C=O) groups excluding carboxylic acids is 1. The molecule has 1 fully saturated rings. The average molecular weight is 609 g/mol. The number of nitrogens with one attached hydrogen (secondary N) is 1. The molecule has 0 amide bonds. The Bertz CT molecular complexity index is 1330. The number of hydrogen-bond acceptors (Lipinski definition) is 6. The van der Waals surface area contributed by atoms with Crippen LogP contribution in [0.15, 0.2) is 48.0 Å². The van der Waals surface area contributed by atoms with Crippen LogP contribution < -0.4 is 15.0 Å². The Morgan fingerprint density at radius 1 is 1.19 bits per heavy atom. The first-order chi connectivity index (χ1) is 20.5. The van der Waals surface area contributed by atoms with Crippen LogP contribution in [-0.2, 0) is 15.9 Å². The molecule has 2 aromatic carbocycles. The van der Waals surface area contributed by atoms with Crippen molar-refractivity contribution in [1.29, 1.82) is 0 Å². The number of hydrogen-bond donors (Lipinski definition) is 1. The van der Waals surface area contributed by atoms with E-state index in [9.17, 15) is 4.79 Å². The van der Waals surface area contributed by atoms with Gasteiger partial charge in [0.05, 0.1) is 24.0 Å². The summed E-state index contributed by atoms with van der Waals surface area (Å²) in [6.07, 6.45) is 7.77. The molecule has 1 aliphatic carbocycles. The number of carbonyl (C=O) groups is 1. The summed E-state index contributed by atoms with van der Waals surface area (Å²) in [6, 6.07) is 12.0. The largest absolute Gasteiger partial charge is 0.491 e. The van der Waals surface area contributed by atoms with E-state index in [0.29, 0.717) is 23.5 Å². The van der Waals surface area contributed by atoms with Crippen molar-refractivity contribution in [1.82, 2.24) is 5.32 Å². The second kappa shape index (κ2) is 13.2. The third-order valence-corrected chi connectivity index (χ3v) is 9.46. The van der Waals surface area contributed by atoms with Gasteiger partial charge >= 0.3 is 5.97 Å². The van der Waals surface area contributed by atoms with Crippen molar-refractivity contribution in [3.05, 3.63) is 69.8 Å². The molecule has 234 valence electrons. The predicted molar refractivity (Wildman–Crippen MR) is 175 cm³/mol. The number of halogens is 1. The van der Waals surface area contributed by atoms with Gasteiger partial charge in [-0.05, 0) is 93.0 Å². The maximum Gasteiger partial charge on any atom is 0.338 e. The summed E-state index contributed by atoms with van der Waals surface area (Å²) >= 11 is 6.43. The minimum atomic E-state index is -0.566. The molecular formula is C36H49ClN2O4. The Balaban J connectivity index is 1.43. The second-order valence-electron chi connectivity index (χ2n) is 13.7. The molecule has 3 aliphatic rings. The fourth-order valence-electron chi connectivity index (χ4n) is 6.98. The number of benzene rings is 2. The lowest BCUT2D eigenvalue weighted by atomic mass is 9.64. The van der Waals surface area contributed by atoms with Crippen LogP contribution in [0.25, 0.3) is 0 Å². The highest BCUT2D eigenvalue weighted by molar-refractivity contribution is 6.30. The molecular weight excluding hydrogens is 560 g/mol. The minimum absolute atomic E-state index is 0.134. The van der Waals surface area contributed by atoms with Crippen molar-refractivity contribution in [3.8, 4) is 5.75 Å². The van der Waals surface area contributed by atoms with Gasteiger partial charge in [0.1, 0.15) is 11.4 Å². The van der Waals surface area contributed by atoms with E-state index in [4.69, 9.17) is 25.8 Å². The van der Waals surface area contributed by atoms with Crippen molar-refractivity contribution < 1.29 is 19.0 Å². The molecule has 3 atom stereocenters. The molecule has 0 radical (unpaired) electrons. The molecule has 1 spiro atoms. The first-order valence-corrected chi connectivity index (χ1v) is 16.4. The summed E-state index contributed by atoms with van der Waals surface area (Å²) in [6.45, 7) is 14.5. The molecule has 0 bridgehead atoms. The first kappa shape index (κ1) is 31.9. The molecule has 3 unspecified atom stereocenters. The van der Waals surface area contributed by atoms with E-state index in [1.165, 1.54) is 16.7 Å². The zero-order valence-electron chi connectivity index (χ0n) is 26.8. The van der Waals surface area contributed by atoms with Crippen LogP contribution in [0.3, 0.4) is 0 Å². The third-order valence-electron chi connectivity index (χ3n) is 9.22. The second-order valence-corrected chi connectivity index (χ2v) is 14.1. The van der Waals surface area contributed by atoms with Crippen LogP contribution >= 0.6 is 11.6 Å². The van der Waals surface area contributed by atoms with Gasteiger partial charge in [0, 0.05) is 49.6 Å². The number of nitrogens with zero attached hydrogens (tertiary/aromatic N) is 1. The maximum atomic E-state index is 13.1. The molecule has 2 aromatic rings. The van der Waals surface area contributed by atoms with Crippen LogP contribution in [-0.4, -0.2) is 57.6 Å². The monoisotopic (exact) mass is 608 g/mol. The van der Waals surface area contributed by atoms with Gasteiger partial charge in [0.25, 0.3) is 0 Å². The van der Waals surface area contributed by atoms with Crippen molar-refractivity contribution in [3.63, 3.8) is 0 Å². The first-order valence-electron chi connectivity index (χ1n) is 16.0.